The van der Waals surface area contributed by atoms with Crippen LogP contribution in [-0.2, 0) is 20.9 Å². The van der Waals surface area contributed by atoms with Crippen molar-refractivity contribution in [2.75, 3.05) is 5.88 Å². The number of alkyl halides is 4. The molecule has 0 spiro atoms. The molecule has 0 heterocycles. The van der Waals surface area contributed by atoms with Crippen LogP contribution in [0.1, 0.15) is 51.2 Å². The van der Waals surface area contributed by atoms with Gasteiger partial charge in [-0.05, 0) is 61.8 Å². The van der Waals surface area contributed by atoms with E-state index in [0.29, 0.717) is 12.8 Å². The van der Waals surface area contributed by atoms with Crippen LogP contribution in [0.15, 0.2) is 24.3 Å². The highest BCUT2D eigenvalue weighted by Crippen LogP contribution is 2.44. The number of hydrogen-bond donors (Lipinski definition) is 0. The molecule has 150 valence electrons. The van der Waals surface area contributed by atoms with Crippen LogP contribution >= 0.6 is 34.2 Å². The monoisotopic (exact) mass is 513 g/mol. The van der Waals surface area contributed by atoms with E-state index in [2.05, 4.69) is 0 Å². The quantitative estimate of drug-likeness (QED) is 0.290. The van der Waals surface area contributed by atoms with Gasteiger partial charge in [-0.15, -0.1) is 11.6 Å². The molecule has 4 nitrogen and oxygen atoms in total. The highest BCUT2D eigenvalue weighted by Gasteiger charge is 2.50. The summed E-state index contributed by atoms with van der Waals surface area (Å²) in [4.78, 5) is 26.3. The van der Waals surface area contributed by atoms with Gasteiger partial charge in [0.05, 0.1) is 5.92 Å². The van der Waals surface area contributed by atoms with Gasteiger partial charge in [-0.3, -0.25) is 9.59 Å². The highest BCUT2D eigenvalue weighted by molar-refractivity contribution is 14.1. The molecule has 0 bridgehead atoms. The minimum Gasteiger partial charge on any atom is -0.449 e. The van der Waals surface area contributed by atoms with E-state index in [1.54, 1.807) is 30.9 Å². The Kier molecular flexibility index (Phi) is 7.11. The second-order valence-electron chi connectivity index (χ2n) is 7.54. The largest absolute Gasteiger partial charge is 0.449 e. The SMILES string of the molecule is CC(C)(I)OC(=O)C1CC(C)(N(Cc2ccc(C(F)F)cc2)C(=O)CCl)C1. The number of benzene rings is 1. The summed E-state index contributed by atoms with van der Waals surface area (Å²) in [5.74, 6) is -0.971. The number of amides is 1. The predicted molar refractivity (Wildman–Crippen MR) is 108 cm³/mol. The smallest absolute Gasteiger partial charge is 0.310 e. The molecule has 1 aromatic rings. The van der Waals surface area contributed by atoms with E-state index in [1.165, 1.54) is 12.1 Å². The van der Waals surface area contributed by atoms with Gasteiger partial charge >= 0.3 is 5.97 Å². The maximum Gasteiger partial charge on any atom is 0.310 e. The van der Waals surface area contributed by atoms with Crippen molar-refractivity contribution in [1.29, 1.82) is 0 Å². The lowest BCUT2D eigenvalue weighted by Crippen LogP contribution is -2.59. The molecule has 0 N–H and O–H groups in total. The molecule has 8 heteroatoms. The van der Waals surface area contributed by atoms with Gasteiger partial charge in [0, 0.05) is 17.6 Å². The maximum absolute atomic E-state index is 12.7. The molecule has 0 aliphatic heterocycles. The number of carbonyl (C=O) groups excluding carboxylic acids is 2. The van der Waals surface area contributed by atoms with Crippen molar-refractivity contribution in [2.24, 2.45) is 5.92 Å². The molecule has 1 fully saturated rings. The Morgan fingerprint density at radius 2 is 1.89 bits per heavy atom. The second-order valence-corrected chi connectivity index (χ2v) is 10.4. The molecule has 27 heavy (non-hydrogen) atoms. The summed E-state index contributed by atoms with van der Waals surface area (Å²) in [6.45, 7) is 5.76. The Balaban J connectivity index is 2.08. The average Bonchev–Trinajstić information content (AvgIpc) is 2.55. The van der Waals surface area contributed by atoms with E-state index in [9.17, 15) is 18.4 Å². The van der Waals surface area contributed by atoms with Crippen LogP contribution < -0.4 is 0 Å². The summed E-state index contributed by atoms with van der Waals surface area (Å²) in [5.41, 5.74) is 0.151. The van der Waals surface area contributed by atoms with Crippen molar-refractivity contribution in [3.8, 4) is 0 Å². The van der Waals surface area contributed by atoms with Gasteiger partial charge in [0.2, 0.25) is 5.91 Å². The van der Waals surface area contributed by atoms with Crippen LogP contribution in [0, 0.1) is 5.92 Å². The highest BCUT2D eigenvalue weighted by atomic mass is 127. The van der Waals surface area contributed by atoms with E-state index in [0.717, 1.165) is 5.56 Å². The van der Waals surface area contributed by atoms with Crippen molar-refractivity contribution >= 4 is 46.1 Å². The number of carbonyl (C=O) groups is 2. The van der Waals surface area contributed by atoms with Crippen molar-refractivity contribution in [3.63, 3.8) is 0 Å². The van der Waals surface area contributed by atoms with E-state index >= 15 is 0 Å². The molecule has 0 saturated heterocycles. The van der Waals surface area contributed by atoms with Crippen LogP contribution in [0.5, 0.6) is 0 Å². The lowest BCUT2D eigenvalue weighted by atomic mass is 9.68. The summed E-state index contributed by atoms with van der Waals surface area (Å²) >= 11 is 7.82. The number of halogens is 4. The Labute approximate surface area is 176 Å². The lowest BCUT2D eigenvalue weighted by Gasteiger charge is -2.51. The first kappa shape index (κ1) is 22.3. The Bertz CT molecular complexity index is 685. The van der Waals surface area contributed by atoms with Crippen LogP contribution in [0.2, 0.25) is 0 Å². The van der Waals surface area contributed by atoms with Gasteiger partial charge in [-0.1, -0.05) is 24.3 Å². The van der Waals surface area contributed by atoms with Gasteiger partial charge in [-0.25, -0.2) is 8.78 Å². The first-order valence-corrected chi connectivity index (χ1v) is 10.2. The molecule has 1 aromatic carbocycles. The third-order valence-electron chi connectivity index (χ3n) is 4.69. The minimum absolute atomic E-state index is 0.0620. The van der Waals surface area contributed by atoms with E-state index in [4.69, 9.17) is 16.3 Å². The number of esters is 1. The van der Waals surface area contributed by atoms with Crippen molar-refractivity contribution in [1.82, 2.24) is 4.90 Å². The number of rotatable bonds is 7. The van der Waals surface area contributed by atoms with Gasteiger partial charge < -0.3 is 9.64 Å². The van der Waals surface area contributed by atoms with Gasteiger partial charge in [0.1, 0.15) is 5.88 Å². The Morgan fingerprint density at radius 3 is 2.33 bits per heavy atom. The Morgan fingerprint density at radius 1 is 1.33 bits per heavy atom. The molecule has 0 atom stereocenters. The van der Waals surface area contributed by atoms with Crippen molar-refractivity contribution < 1.29 is 23.1 Å². The second kappa shape index (κ2) is 8.59. The lowest BCUT2D eigenvalue weighted by molar-refractivity contribution is -0.166. The molecule has 0 aromatic heterocycles. The third-order valence-corrected chi connectivity index (χ3v) is 5.14. The fraction of sp³-hybridized carbons (Fsp3) is 0.579. The van der Waals surface area contributed by atoms with E-state index in [1.807, 2.05) is 29.5 Å². The molecule has 0 radical (unpaired) electrons. The Hall–Kier alpha value is -0.960. The fourth-order valence-electron chi connectivity index (χ4n) is 3.31. The third kappa shape index (κ3) is 5.76. The van der Waals surface area contributed by atoms with Crippen LogP contribution in [0.25, 0.3) is 0 Å². The molecule has 1 amide bonds. The predicted octanol–water partition coefficient (Wildman–Crippen LogP) is 5.07. The molecular formula is C19H23ClF2INO3. The number of ether oxygens (including phenoxy) is 1. The van der Waals surface area contributed by atoms with E-state index < -0.39 is 15.6 Å². The number of nitrogens with zero attached hydrogens (tertiary/aromatic N) is 1. The molecule has 0 unspecified atom stereocenters. The average molecular weight is 514 g/mol. The van der Waals surface area contributed by atoms with Crippen molar-refractivity contribution in [3.05, 3.63) is 35.4 Å². The molecule has 1 saturated carbocycles. The topological polar surface area (TPSA) is 46.6 Å². The molecule has 1 aliphatic rings. The summed E-state index contributed by atoms with van der Waals surface area (Å²) in [6, 6.07) is 5.88. The zero-order valence-electron chi connectivity index (χ0n) is 15.5. The van der Waals surface area contributed by atoms with Gasteiger partial charge in [-0.2, -0.15) is 0 Å². The van der Waals surface area contributed by atoms with E-state index in [-0.39, 0.29) is 35.8 Å². The zero-order valence-corrected chi connectivity index (χ0v) is 18.4. The summed E-state index contributed by atoms with van der Waals surface area (Å²) in [6.07, 6.45) is -1.57. The fourth-order valence-corrected chi connectivity index (χ4v) is 3.68. The summed E-state index contributed by atoms with van der Waals surface area (Å²) in [5, 5.41) is 0. The van der Waals surface area contributed by atoms with Crippen molar-refractivity contribution in [2.45, 2.75) is 55.7 Å². The van der Waals surface area contributed by atoms with Gasteiger partial charge in [0.15, 0.2) is 3.61 Å². The minimum atomic E-state index is -2.53. The van der Waals surface area contributed by atoms with Crippen LogP contribution in [0.4, 0.5) is 8.78 Å². The van der Waals surface area contributed by atoms with Gasteiger partial charge in [0.25, 0.3) is 6.43 Å². The first-order valence-electron chi connectivity index (χ1n) is 8.60. The zero-order chi connectivity index (χ0) is 20.4. The summed E-state index contributed by atoms with van der Waals surface area (Å²) < 4.78 is 30.2. The molecule has 1 aliphatic carbocycles. The number of hydrogen-bond acceptors (Lipinski definition) is 3. The molecule has 2 rings (SSSR count). The summed E-state index contributed by atoms with van der Waals surface area (Å²) in [7, 11) is 0. The van der Waals surface area contributed by atoms with Crippen LogP contribution in [-0.4, -0.2) is 31.8 Å². The molecular weight excluding hydrogens is 491 g/mol. The van der Waals surface area contributed by atoms with Crippen LogP contribution in [0.3, 0.4) is 0 Å². The standard InChI is InChI=1S/C19H23ClF2INO3/c1-18(2,23)27-17(26)14-8-19(3,9-14)24(15(25)10-20)11-12-4-6-13(7-5-12)16(21)22/h4-7,14,16H,8-11H2,1-3H3. The first-order chi connectivity index (χ1) is 12.4. The maximum atomic E-state index is 12.7. The normalized spacial score (nSPS) is 22.3.